The predicted octanol–water partition coefficient (Wildman–Crippen LogP) is 1.86. The Morgan fingerprint density at radius 1 is 1.40 bits per heavy atom. The van der Waals surface area contributed by atoms with E-state index in [0.29, 0.717) is 25.9 Å². The van der Waals surface area contributed by atoms with Crippen molar-refractivity contribution in [3.05, 3.63) is 54.2 Å². The Morgan fingerprint density at radius 2 is 2.24 bits per heavy atom. The highest BCUT2D eigenvalue weighted by molar-refractivity contribution is 5.94. The number of hydrogen-bond donors (Lipinski definition) is 1. The largest absolute Gasteiger partial charge is 0.480 e. The minimum atomic E-state index is -0.987. The Labute approximate surface area is 145 Å². The van der Waals surface area contributed by atoms with Gasteiger partial charge in [-0.2, -0.15) is 0 Å². The Hall–Kier alpha value is -2.67. The van der Waals surface area contributed by atoms with Gasteiger partial charge in [0.25, 0.3) is 5.91 Å². The molecule has 0 aliphatic carbocycles. The van der Waals surface area contributed by atoms with Crippen LogP contribution in [0.2, 0.25) is 0 Å². The van der Waals surface area contributed by atoms with Gasteiger partial charge in [0.05, 0.1) is 6.26 Å². The van der Waals surface area contributed by atoms with E-state index >= 15 is 0 Å². The fraction of sp³-hybridized carbons (Fsp3) is 0.389. The van der Waals surface area contributed by atoms with Gasteiger partial charge in [-0.15, -0.1) is 0 Å². The molecule has 1 aliphatic rings. The summed E-state index contributed by atoms with van der Waals surface area (Å²) in [6.07, 6.45) is 6.05. The van der Waals surface area contributed by atoms with Gasteiger partial charge in [0.15, 0.2) is 5.76 Å². The number of rotatable bonds is 5. The van der Waals surface area contributed by atoms with Crippen molar-refractivity contribution in [1.82, 2.24) is 14.8 Å². The van der Waals surface area contributed by atoms with Gasteiger partial charge in [0, 0.05) is 31.5 Å². The second-order valence-electron chi connectivity index (χ2n) is 6.28. The Bertz CT molecular complexity index is 717. The van der Waals surface area contributed by atoms with E-state index in [1.165, 1.54) is 11.2 Å². The molecule has 1 N–H and O–H groups in total. The average molecular weight is 343 g/mol. The molecule has 25 heavy (non-hydrogen) atoms. The number of pyridine rings is 1. The lowest BCUT2D eigenvalue weighted by Crippen LogP contribution is -2.54. The van der Waals surface area contributed by atoms with Crippen LogP contribution in [0.25, 0.3) is 0 Å². The first-order valence-corrected chi connectivity index (χ1v) is 8.22. The summed E-state index contributed by atoms with van der Waals surface area (Å²) in [5.74, 6) is -1.18. The molecule has 1 fully saturated rings. The molecule has 2 aromatic rings. The molecule has 7 nitrogen and oxygen atoms in total. The number of carbonyl (C=O) groups excluding carboxylic acids is 1. The van der Waals surface area contributed by atoms with E-state index in [9.17, 15) is 14.7 Å². The Balaban J connectivity index is 1.68. The molecule has 1 aliphatic heterocycles. The average Bonchev–Trinajstić information content (AvgIpc) is 3.16. The van der Waals surface area contributed by atoms with Crippen molar-refractivity contribution in [2.75, 3.05) is 13.6 Å². The van der Waals surface area contributed by atoms with Crippen molar-refractivity contribution in [1.29, 1.82) is 0 Å². The van der Waals surface area contributed by atoms with Crippen LogP contribution >= 0.6 is 0 Å². The summed E-state index contributed by atoms with van der Waals surface area (Å²) in [6.45, 7) is 1.08. The first-order valence-electron chi connectivity index (χ1n) is 8.22. The zero-order valence-corrected chi connectivity index (χ0v) is 14.0. The van der Waals surface area contributed by atoms with Gasteiger partial charge in [-0.3, -0.25) is 14.7 Å². The number of carbonyl (C=O) groups is 2. The van der Waals surface area contributed by atoms with Crippen LogP contribution in [0.1, 0.15) is 29.0 Å². The molecular formula is C18H21N3O4. The van der Waals surface area contributed by atoms with Crippen molar-refractivity contribution in [3.8, 4) is 0 Å². The number of nitrogens with zero attached hydrogens (tertiary/aromatic N) is 3. The lowest BCUT2D eigenvalue weighted by molar-refractivity contribution is -0.144. The van der Waals surface area contributed by atoms with Crippen molar-refractivity contribution >= 4 is 11.9 Å². The van der Waals surface area contributed by atoms with Gasteiger partial charge in [-0.05, 0) is 43.7 Å². The highest BCUT2D eigenvalue weighted by Gasteiger charge is 2.38. The number of hydrogen-bond acceptors (Lipinski definition) is 5. The van der Waals surface area contributed by atoms with Crippen LogP contribution in [0.3, 0.4) is 0 Å². The molecule has 0 bridgehead atoms. The summed E-state index contributed by atoms with van der Waals surface area (Å²) in [7, 11) is 1.97. The number of aliphatic carboxylic acids is 1. The standard InChI is InChI=1S/C18H21N3O4/c1-20(12-13-4-2-7-19-11-13)14-6-8-21(15(10-14)18(23)24)17(22)16-5-3-9-25-16/h2-5,7,9,11,14-15H,6,8,10,12H2,1H3,(H,23,24). The maximum atomic E-state index is 12.5. The number of aromatic nitrogens is 1. The number of piperidine rings is 1. The van der Waals surface area contributed by atoms with E-state index in [0.717, 1.165) is 5.56 Å². The van der Waals surface area contributed by atoms with Crippen LogP contribution in [0, 0.1) is 0 Å². The highest BCUT2D eigenvalue weighted by Crippen LogP contribution is 2.24. The molecular weight excluding hydrogens is 322 g/mol. The molecule has 3 rings (SSSR count). The van der Waals surface area contributed by atoms with Crippen LogP contribution in [-0.4, -0.2) is 57.4 Å². The third kappa shape index (κ3) is 3.88. The molecule has 3 heterocycles. The molecule has 132 valence electrons. The molecule has 0 aromatic carbocycles. The van der Waals surface area contributed by atoms with E-state index in [1.54, 1.807) is 24.5 Å². The number of furan rings is 1. The lowest BCUT2D eigenvalue weighted by atomic mass is 9.95. The topological polar surface area (TPSA) is 86.9 Å². The second-order valence-corrected chi connectivity index (χ2v) is 6.28. The quantitative estimate of drug-likeness (QED) is 0.892. The molecule has 1 saturated heterocycles. The van der Waals surface area contributed by atoms with Gasteiger partial charge >= 0.3 is 5.97 Å². The summed E-state index contributed by atoms with van der Waals surface area (Å²) in [6, 6.07) is 6.29. The monoisotopic (exact) mass is 343 g/mol. The fourth-order valence-electron chi connectivity index (χ4n) is 3.27. The Kier molecular flexibility index (Phi) is 5.14. The van der Waals surface area contributed by atoms with Crippen LogP contribution in [0.4, 0.5) is 0 Å². The van der Waals surface area contributed by atoms with Gasteiger partial charge in [-0.1, -0.05) is 6.07 Å². The number of carboxylic acids is 1. The highest BCUT2D eigenvalue weighted by atomic mass is 16.4. The third-order valence-corrected chi connectivity index (χ3v) is 4.63. The molecule has 0 saturated carbocycles. The third-order valence-electron chi connectivity index (χ3n) is 4.63. The second kappa shape index (κ2) is 7.48. The molecule has 1 amide bonds. The fourth-order valence-corrected chi connectivity index (χ4v) is 3.27. The Morgan fingerprint density at radius 3 is 2.88 bits per heavy atom. The first kappa shape index (κ1) is 17.2. The van der Waals surface area contributed by atoms with Crippen LogP contribution < -0.4 is 0 Å². The van der Waals surface area contributed by atoms with E-state index in [1.807, 2.05) is 19.2 Å². The SMILES string of the molecule is CN(Cc1cccnc1)C1CCN(C(=O)c2ccco2)C(C(=O)O)C1. The summed E-state index contributed by atoms with van der Waals surface area (Å²) in [5, 5.41) is 9.59. The van der Waals surface area contributed by atoms with E-state index in [2.05, 4.69) is 9.88 Å². The predicted molar refractivity (Wildman–Crippen MR) is 89.9 cm³/mol. The maximum Gasteiger partial charge on any atom is 0.326 e. The van der Waals surface area contributed by atoms with Gasteiger partial charge in [-0.25, -0.2) is 4.79 Å². The normalized spacial score (nSPS) is 20.6. The smallest absolute Gasteiger partial charge is 0.326 e. The molecule has 7 heteroatoms. The summed E-state index contributed by atoms with van der Waals surface area (Å²) in [4.78, 5) is 31.8. The molecule has 2 unspecified atom stereocenters. The summed E-state index contributed by atoms with van der Waals surface area (Å²) in [5.41, 5.74) is 1.07. The zero-order chi connectivity index (χ0) is 17.8. The van der Waals surface area contributed by atoms with Gasteiger partial charge < -0.3 is 14.4 Å². The zero-order valence-electron chi connectivity index (χ0n) is 14.0. The number of amides is 1. The van der Waals surface area contributed by atoms with Crippen molar-refractivity contribution in [3.63, 3.8) is 0 Å². The van der Waals surface area contributed by atoms with E-state index in [4.69, 9.17) is 4.42 Å². The summed E-state index contributed by atoms with van der Waals surface area (Å²) < 4.78 is 5.13. The molecule has 0 spiro atoms. The minimum absolute atomic E-state index is 0.0851. The van der Waals surface area contributed by atoms with Gasteiger partial charge in [0.1, 0.15) is 6.04 Å². The van der Waals surface area contributed by atoms with Crippen LogP contribution in [-0.2, 0) is 11.3 Å². The lowest BCUT2D eigenvalue weighted by Gasteiger charge is -2.40. The van der Waals surface area contributed by atoms with E-state index < -0.39 is 12.0 Å². The van der Waals surface area contributed by atoms with Crippen LogP contribution in [0.5, 0.6) is 0 Å². The number of likely N-dealkylation sites (tertiary alicyclic amines) is 1. The van der Waals surface area contributed by atoms with Crippen molar-refractivity contribution < 1.29 is 19.1 Å². The number of carboxylic acid groups (broad SMARTS) is 1. The summed E-state index contributed by atoms with van der Waals surface area (Å²) >= 11 is 0. The molecule has 2 aromatic heterocycles. The minimum Gasteiger partial charge on any atom is -0.480 e. The van der Waals surface area contributed by atoms with Crippen LogP contribution in [0.15, 0.2) is 47.3 Å². The maximum absolute atomic E-state index is 12.5. The van der Waals surface area contributed by atoms with Crippen molar-refractivity contribution in [2.45, 2.75) is 31.5 Å². The molecule has 2 atom stereocenters. The van der Waals surface area contributed by atoms with Gasteiger partial charge in [0.2, 0.25) is 0 Å². The first-order chi connectivity index (χ1) is 12.1. The van der Waals surface area contributed by atoms with Crippen molar-refractivity contribution in [2.24, 2.45) is 0 Å². The van der Waals surface area contributed by atoms with E-state index in [-0.39, 0.29) is 17.7 Å². The molecule has 0 radical (unpaired) electrons.